The van der Waals surface area contributed by atoms with Gasteiger partial charge in [0.05, 0.1) is 29.2 Å². The van der Waals surface area contributed by atoms with E-state index in [0.29, 0.717) is 11.3 Å². The Balaban J connectivity index is 1.95. The number of fused-ring (bicyclic) bond motifs is 1. The van der Waals surface area contributed by atoms with Crippen LogP contribution in [0, 0.1) is 0 Å². The molecule has 3 rings (SSSR count). The number of aromatic nitrogens is 3. The first kappa shape index (κ1) is 10.5. The largest absolute Gasteiger partial charge is 0.361 e. The third kappa shape index (κ3) is 1.82. The lowest BCUT2D eigenvalue weighted by Gasteiger charge is -2.05. The smallest absolute Gasteiger partial charge is 0.257 e. The molecule has 5 nitrogen and oxygen atoms in total. The Morgan fingerprint density at radius 1 is 1.17 bits per heavy atom. The van der Waals surface area contributed by atoms with E-state index in [1.54, 1.807) is 18.5 Å². The van der Waals surface area contributed by atoms with Crippen LogP contribution >= 0.6 is 0 Å². The zero-order valence-electron chi connectivity index (χ0n) is 9.42. The minimum Gasteiger partial charge on any atom is -0.361 e. The van der Waals surface area contributed by atoms with Gasteiger partial charge in [-0.3, -0.25) is 4.79 Å². The average molecular weight is 238 g/mol. The van der Waals surface area contributed by atoms with Crippen molar-refractivity contribution in [3.05, 3.63) is 54.7 Å². The first-order valence-electron chi connectivity index (χ1n) is 5.47. The third-order valence-electron chi connectivity index (χ3n) is 2.65. The van der Waals surface area contributed by atoms with Crippen LogP contribution in [0.3, 0.4) is 0 Å². The molecular formula is C13H10N4O. The van der Waals surface area contributed by atoms with Gasteiger partial charge in [-0.2, -0.15) is 0 Å². The van der Waals surface area contributed by atoms with Gasteiger partial charge in [0, 0.05) is 11.6 Å². The molecule has 0 atom stereocenters. The van der Waals surface area contributed by atoms with Crippen LogP contribution < -0.4 is 5.32 Å². The highest BCUT2D eigenvalue weighted by molar-refractivity contribution is 6.11. The average Bonchev–Trinajstić information content (AvgIpc) is 2.87. The van der Waals surface area contributed by atoms with E-state index in [2.05, 4.69) is 20.3 Å². The van der Waals surface area contributed by atoms with Crippen molar-refractivity contribution in [1.29, 1.82) is 0 Å². The number of amides is 1. The predicted octanol–water partition coefficient (Wildman–Crippen LogP) is 2.21. The van der Waals surface area contributed by atoms with Crippen LogP contribution in [-0.2, 0) is 0 Å². The Morgan fingerprint density at radius 2 is 2.00 bits per heavy atom. The van der Waals surface area contributed by atoms with Gasteiger partial charge in [0.2, 0.25) is 0 Å². The number of carbonyl (C=O) groups is 1. The second kappa shape index (κ2) is 4.29. The number of hydrogen-bond donors (Lipinski definition) is 2. The van der Waals surface area contributed by atoms with E-state index in [1.807, 2.05) is 24.4 Å². The van der Waals surface area contributed by atoms with Crippen LogP contribution in [0.5, 0.6) is 0 Å². The third-order valence-corrected chi connectivity index (χ3v) is 2.65. The van der Waals surface area contributed by atoms with E-state index < -0.39 is 0 Å². The van der Waals surface area contributed by atoms with Crippen molar-refractivity contribution >= 4 is 22.5 Å². The Kier molecular flexibility index (Phi) is 2.49. The maximum Gasteiger partial charge on any atom is 0.257 e. The maximum absolute atomic E-state index is 12.1. The van der Waals surface area contributed by atoms with E-state index in [4.69, 9.17) is 0 Å². The van der Waals surface area contributed by atoms with Crippen molar-refractivity contribution in [2.24, 2.45) is 0 Å². The van der Waals surface area contributed by atoms with Crippen LogP contribution in [0.25, 0.3) is 10.9 Å². The molecule has 0 aliphatic rings. The van der Waals surface area contributed by atoms with Gasteiger partial charge in [0.25, 0.3) is 5.91 Å². The van der Waals surface area contributed by atoms with Gasteiger partial charge in [-0.1, -0.05) is 12.1 Å². The van der Waals surface area contributed by atoms with E-state index in [9.17, 15) is 4.79 Å². The molecule has 2 N–H and O–H groups in total. The fraction of sp³-hybridized carbons (Fsp3) is 0. The van der Waals surface area contributed by atoms with Gasteiger partial charge in [-0.15, -0.1) is 0 Å². The number of hydrogen-bond acceptors (Lipinski definition) is 3. The molecule has 0 fully saturated rings. The number of anilines is 1. The summed E-state index contributed by atoms with van der Waals surface area (Å²) in [6.07, 6.45) is 6.34. The molecule has 3 aromatic rings. The molecule has 0 spiro atoms. The zero-order valence-corrected chi connectivity index (χ0v) is 9.42. The Bertz CT molecular complexity index is 690. The number of nitrogens with one attached hydrogen (secondary N) is 2. The lowest BCUT2D eigenvalue weighted by Crippen LogP contribution is -2.12. The number of rotatable bonds is 2. The van der Waals surface area contributed by atoms with Gasteiger partial charge < -0.3 is 10.3 Å². The number of nitrogens with zero attached hydrogens (tertiary/aromatic N) is 2. The first-order chi connectivity index (χ1) is 8.84. The van der Waals surface area contributed by atoms with Crippen LogP contribution in [-0.4, -0.2) is 20.9 Å². The van der Waals surface area contributed by atoms with Crippen LogP contribution in [0.2, 0.25) is 0 Å². The molecule has 0 aliphatic heterocycles. The predicted molar refractivity (Wildman–Crippen MR) is 68.3 cm³/mol. The fourth-order valence-corrected chi connectivity index (χ4v) is 1.84. The summed E-state index contributed by atoms with van der Waals surface area (Å²) in [5, 5.41) is 3.76. The highest BCUT2D eigenvalue weighted by atomic mass is 16.1. The van der Waals surface area contributed by atoms with Gasteiger partial charge in [-0.25, -0.2) is 9.97 Å². The van der Waals surface area contributed by atoms with Crippen molar-refractivity contribution in [2.75, 3.05) is 5.32 Å². The standard InChI is InChI=1S/C13H10N4O/c18-13(17-10-6-14-8-15-7-10)11-3-1-2-9-4-5-16-12(9)11/h1-8,16H,(H,17,18). The fourth-order valence-electron chi connectivity index (χ4n) is 1.84. The summed E-state index contributed by atoms with van der Waals surface area (Å²) < 4.78 is 0. The molecule has 1 amide bonds. The summed E-state index contributed by atoms with van der Waals surface area (Å²) in [5.74, 6) is -0.183. The Hall–Kier alpha value is -2.69. The number of aromatic amines is 1. The summed E-state index contributed by atoms with van der Waals surface area (Å²) in [4.78, 5) is 22.9. The lowest BCUT2D eigenvalue weighted by molar-refractivity contribution is 0.102. The number of para-hydroxylation sites is 1. The van der Waals surface area contributed by atoms with E-state index in [1.165, 1.54) is 6.33 Å². The highest BCUT2D eigenvalue weighted by Gasteiger charge is 2.10. The van der Waals surface area contributed by atoms with Crippen molar-refractivity contribution in [2.45, 2.75) is 0 Å². The highest BCUT2D eigenvalue weighted by Crippen LogP contribution is 2.18. The molecule has 5 heteroatoms. The summed E-state index contributed by atoms with van der Waals surface area (Å²) >= 11 is 0. The molecule has 2 heterocycles. The van der Waals surface area contributed by atoms with Crippen LogP contribution in [0.1, 0.15) is 10.4 Å². The quantitative estimate of drug-likeness (QED) is 0.719. The monoisotopic (exact) mass is 238 g/mol. The molecular weight excluding hydrogens is 228 g/mol. The van der Waals surface area contributed by atoms with Gasteiger partial charge in [0.1, 0.15) is 6.33 Å². The molecule has 2 aromatic heterocycles. The SMILES string of the molecule is O=C(Nc1cncnc1)c1cccc2cc[nH]c12. The molecule has 1 aromatic carbocycles. The molecule has 0 saturated carbocycles. The summed E-state index contributed by atoms with van der Waals surface area (Å²) in [6.45, 7) is 0. The van der Waals surface area contributed by atoms with Gasteiger partial charge >= 0.3 is 0 Å². The number of H-pyrrole nitrogens is 1. The number of carbonyl (C=O) groups excluding carboxylic acids is 1. The molecule has 0 unspecified atom stereocenters. The van der Waals surface area contributed by atoms with Crippen molar-refractivity contribution < 1.29 is 4.79 Å². The van der Waals surface area contributed by atoms with E-state index in [0.717, 1.165) is 10.9 Å². The molecule has 18 heavy (non-hydrogen) atoms. The Labute approximate surface area is 103 Å². The minimum absolute atomic E-state index is 0.183. The van der Waals surface area contributed by atoms with Crippen molar-refractivity contribution in [3.8, 4) is 0 Å². The second-order valence-electron chi connectivity index (χ2n) is 3.83. The molecule has 0 radical (unpaired) electrons. The maximum atomic E-state index is 12.1. The van der Waals surface area contributed by atoms with Crippen LogP contribution in [0.4, 0.5) is 5.69 Å². The first-order valence-corrected chi connectivity index (χ1v) is 5.47. The zero-order chi connectivity index (χ0) is 12.4. The second-order valence-corrected chi connectivity index (χ2v) is 3.83. The normalized spacial score (nSPS) is 10.4. The summed E-state index contributed by atoms with van der Waals surface area (Å²) in [5.41, 5.74) is 2.00. The molecule has 88 valence electrons. The summed E-state index contributed by atoms with van der Waals surface area (Å²) in [7, 11) is 0. The lowest BCUT2D eigenvalue weighted by atomic mass is 10.1. The van der Waals surface area contributed by atoms with Gasteiger partial charge in [0.15, 0.2) is 0 Å². The van der Waals surface area contributed by atoms with Crippen molar-refractivity contribution in [1.82, 2.24) is 15.0 Å². The Morgan fingerprint density at radius 3 is 2.83 bits per heavy atom. The topological polar surface area (TPSA) is 70.7 Å². The molecule has 0 saturated heterocycles. The van der Waals surface area contributed by atoms with Crippen molar-refractivity contribution in [3.63, 3.8) is 0 Å². The molecule has 0 aliphatic carbocycles. The van der Waals surface area contributed by atoms with Crippen LogP contribution in [0.15, 0.2) is 49.2 Å². The minimum atomic E-state index is -0.183. The molecule has 0 bridgehead atoms. The summed E-state index contributed by atoms with van der Waals surface area (Å²) in [6, 6.07) is 7.51. The van der Waals surface area contributed by atoms with E-state index >= 15 is 0 Å². The number of benzene rings is 1. The van der Waals surface area contributed by atoms with E-state index in [-0.39, 0.29) is 5.91 Å². The van der Waals surface area contributed by atoms with Gasteiger partial charge in [-0.05, 0) is 12.1 Å².